The van der Waals surface area contributed by atoms with Crippen LogP contribution >= 0.6 is 0 Å². The minimum atomic E-state index is -0.107. The largest absolute Gasteiger partial charge is 0.440 e. The van der Waals surface area contributed by atoms with Crippen molar-refractivity contribution in [3.63, 3.8) is 0 Å². The van der Waals surface area contributed by atoms with E-state index in [1.807, 2.05) is 30.3 Å². The van der Waals surface area contributed by atoms with Crippen LogP contribution in [0.1, 0.15) is 0 Å². The third-order valence-corrected chi connectivity index (χ3v) is 2.64. The molecule has 0 saturated carbocycles. The molecule has 0 fully saturated rings. The molecule has 0 bridgehead atoms. The van der Waals surface area contributed by atoms with Crippen LogP contribution < -0.4 is 11.2 Å². The Morgan fingerprint density at radius 3 is 2.69 bits per heavy atom. The van der Waals surface area contributed by atoms with Gasteiger partial charge in [0.25, 0.3) is 0 Å². The monoisotopic (exact) mass is 211 g/mol. The molecule has 1 aromatic heterocycles. The Bertz CT molecular complexity index is 744. The van der Waals surface area contributed by atoms with Crippen LogP contribution in [0.25, 0.3) is 21.7 Å². The molecule has 0 saturated heterocycles. The third-order valence-electron chi connectivity index (χ3n) is 2.64. The van der Waals surface area contributed by atoms with E-state index in [1.165, 1.54) is 6.07 Å². The van der Waals surface area contributed by atoms with Gasteiger partial charge in [-0.05, 0) is 11.5 Å². The molecule has 0 aliphatic rings. The van der Waals surface area contributed by atoms with Gasteiger partial charge in [0.1, 0.15) is 5.58 Å². The molecular formula is C13H9NO2. The molecule has 16 heavy (non-hydrogen) atoms. The maximum atomic E-state index is 11.7. The average molecular weight is 211 g/mol. The number of hydrogen-bond acceptors (Lipinski definition) is 3. The predicted molar refractivity (Wildman–Crippen MR) is 64.4 cm³/mol. The summed E-state index contributed by atoms with van der Waals surface area (Å²) in [7, 11) is 0. The van der Waals surface area contributed by atoms with Gasteiger partial charge in [0.15, 0.2) is 11.3 Å². The number of nitrogens with two attached hydrogens (primary N) is 1. The first-order valence-corrected chi connectivity index (χ1v) is 4.97. The van der Waals surface area contributed by atoms with Crippen LogP contribution in [0.2, 0.25) is 0 Å². The second-order valence-electron chi connectivity index (χ2n) is 3.68. The number of rotatable bonds is 0. The highest BCUT2D eigenvalue weighted by atomic mass is 16.3. The van der Waals surface area contributed by atoms with Gasteiger partial charge in [-0.1, -0.05) is 30.3 Å². The number of benzene rings is 2. The molecule has 3 rings (SSSR count). The standard InChI is InChI=1S/C13H9NO2/c14-12-7-11(15)10-6-5-8-3-1-2-4-9(8)13(10)16-12/h1-7H,14H2. The quantitative estimate of drug-likeness (QED) is 0.581. The van der Waals surface area contributed by atoms with E-state index in [2.05, 4.69) is 0 Å². The Morgan fingerprint density at radius 1 is 1.00 bits per heavy atom. The summed E-state index contributed by atoms with van der Waals surface area (Å²) in [4.78, 5) is 11.7. The highest BCUT2D eigenvalue weighted by Gasteiger charge is 2.06. The fraction of sp³-hybridized carbons (Fsp3) is 0. The summed E-state index contributed by atoms with van der Waals surface area (Å²) in [5.74, 6) is 0.147. The molecule has 0 aliphatic carbocycles. The minimum absolute atomic E-state index is 0.107. The number of hydrogen-bond donors (Lipinski definition) is 1. The normalized spacial score (nSPS) is 11.0. The van der Waals surface area contributed by atoms with Crippen molar-refractivity contribution >= 4 is 27.6 Å². The Balaban J connectivity index is 2.65. The molecular weight excluding hydrogens is 202 g/mol. The SMILES string of the molecule is Nc1cc(=O)c2ccc3ccccc3c2o1. The van der Waals surface area contributed by atoms with E-state index in [0.717, 1.165) is 10.8 Å². The minimum Gasteiger partial charge on any atom is -0.440 e. The molecule has 0 unspecified atom stereocenters. The summed E-state index contributed by atoms with van der Waals surface area (Å²) < 4.78 is 5.43. The lowest BCUT2D eigenvalue weighted by molar-refractivity contribution is 0.628. The molecule has 0 atom stereocenters. The maximum Gasteiger partial charge on any atom is 0.194 e. The highest BCUT2D eigenvalue weighted by molar-refractivity contribution is 6.03. The van der Waals surface area contributed by atoms with Crippen LogP contribution in [0.4, 0.5) is 5.88 Å². The Labute approximate surface area is 91.1 Å². The molecule has 3 heteroatoms. The second kappa shape index (κ2) is 3.10. The summed E-state index contributed by atoms with van der Waals surface area (Å²) in [5, 5.41) is 2.50. The lowest BCUT2D eigenvalue weighted by Gasteiger charge is -2.02. The van der Waals surface area contributed by atoms with Crippen LogP contribution in [0.5, 0.6) is 0 Å². The first-order chi connectivity index (χ1) is 7.75. The van der Waals surface area contributed by atoms with E-state index in [-0.39, 0.29) is 11.3 Å². The Morgan fingerprint density at radius 2 is 1.81 bits per heavy atom. The van der Waals surface area contributed by atoms with Crippen molar-refractivity contribution in [1.82, 2.24) is 0 Å². The molecule has 0 spiro atoms. The van der Waals surface area contributed by atoms with Crippen molar-refractivity contribution < 1.29 is 4.42 Å². The summed E-state index contributed by atoms with van der Waals surface area (Å²) in [6.07, 6.45) is 0. The average Bonchev–Trinajstić information content (AvgIpc) is 2.28. The smallest absolute Gasteiger partial charge is 0.194 e. The van der Waals surface area contributed by atoms with Crippen molar-refractivity contribution in [1.29, 1.82) is 0 Å². The lowest BCUT2D eigenvalue weighted by atomic mass is 10.1. The van der Waals surface area contributed by atoms with E-state index in [9.17, 15) is 4.79 Å². The van der Waals surface area contributed by atoms with E-state index >= 15 is 0 Å². The van der Waals surface area contributed by atoms with Gasteiger partial charge < -0.3 is 10.2 Å². The van der Waals surface area contributed by atoms with Crippen LogP contribution in [-0.4, -0.2) is 0 Å². The molecule has 0 amide bonds. The van der Waals surface area contributed by atoms with Gasteiger partial charge in [-0.25, -0.2) is 0 Å². The first-order valence-electron chi connectivity index (χ1n) is 4.97. The van der Waals surface area contributed by atoms with Gasteiger partial charge in [-0.2, -0.15) is 0 Å². The van der Waals surface area contributed by atoms with Crippen molar-refractivity contribution in [2.75, 3.05) is 5.73 Å². The van der Waals surface area contributed by atoms with E-state index < -0.39 is 0 Å². The number of anilines is 1. The van der Waals surface area contributed by atoms with E-state index in [0.29, 0.717) is 11.0 Å². The van der Waals surface area contributed by atoms with Gasteiger partial charge in [0.05, 0.1) is 5.39 Å². The number of nitrogen functional groups attached to an aromatic ring is 1. The van der Waals surface area contributed by atoms with Gasteiger partial charge in [0, 0.05) is 11.5 Å². The number of fused-ring (bicyclic) bond motifs is 3. The Kier molecular flexibility index (Phi) is 1.74. The molecule has 0 aliphatic heterocycles. The molecule has 3 aromatic rings. The molecule has 2 N–H and O–H groups in total. The topological polar surface area (TPSA) is 56.2 Å². The fourth-order valence-electron chi connectivity index (χ4n) is 1.90. The fourth-order valence-corrected chi connectivity index (χ4v) is 1.90. The summed E-state index contributed by atoms with van der Waals surface area (Å²) >= 11 is 0. The Hall–Kier alpha value is -2.29. The zero-order valence-electron chi connectivity index (χ0n) is 8.44. The van der Waals surface area contributed by atoms with Crippen LogP contribution in [0.3, 0.4) is 0 Å². The van der Waals surface area contributed by atoms with E-state index in [1.54, 1.807) is 6.07 Å². The van der Waals surface area contributed by atoms with Crippen molar-refractivity contribution in [3.8, 4) is 0 Å². The van der Waals surface area contributed by atoms with Crippen LogP contribution in [0, 0.1) is 0 Å². The maximum absolute atomic E-state index is 11.7. The van der Waals surface area contributed by atoms with Crippen LogP contribution in [-0.2, 0) is 0 Å². The van der Waals surface area contributed by atoms with Gasteiger partial charge in [0.2, 0.25) is 0 Å². The molecule has 1 heterocycles. The molecule has 2 aromatic carbocycles. The van der Waals surface area contributed by atoms with Crippen molar-refractivity contribution in [2.24, 2.45) is 0 Å². The molecule has 3 nitrogen and oxygen atoms in total. The summed E-state index contributed by atoms with van der Waals surface area (Å²) in [6, 6.07) is 12.7. The lowest BCUT2D eigenvalue weighted by Crippen LogP contribution is -2.01. The highest BCUT2D eigenvalue weighted by Crippen LogP contribution is 2.24. The van der Waals surface area contributed by atoms with Crippen molar-refractivity contribution in [3.05, 3.63) is 52.7 Å². The first kappa shape index (κ1) is 8.97. The van der Waals surface area contributed by atoms with Crippen LogP contribution in [0.15, 0.2) is 51.7 Å². The zero-order chi connectivity index (χ0) is 11.1. The van der Waals surface area contributed by atoms with Gasteiger partial charge in [-0.15, -0.1) is 0 Å². The van der Waals surface area contributed by atoms with Crippen molar-refractivity contribution in [2.45, 2.75) is 0 Å². The van der Waals surface area contributed by atoms with Gasteiger partial charge >= 0.3 is 0 Å². The van der Waals surface area contributed by atoms with Gasteiger partial charge in [-0.3, -0.25) is 4.79 Å². The zero-order valence-corrected chi connectivity index (χ0v) is 8.44. The third kappa shape index (κ3) is 1.18. The van der Waals surface area contributed by atoms with E-state index in [4.69, 9.17) is 10.2 Å². The summed E-state index contributed by atoms with van der Waals surface area (Å²) in [5.41, 5.74) is 6.00. The second-order valence-corrected chi connectivity index (χ2v) is 3.68. The molecule has 0 radical (unpaired) electrons. The predicted octanol–water partition coefficient (Wildman–Crippen LogP) is 2.53. The molecule has 78 valence electrons. The summed E-state index contributed by atoms with van der Waals surface area (Å²) in [6.45, 7) is 0.